The molecule has 2 aliphatic heterocycles. The van der Waals surface area contributed by atoms with Crippen molar-refractivity contribution in [3.05, 3.63) is 35.4 Å². The van der Waals surface area contributed by atoms with E-state index in [-0.39, 0.29) is 11.1 Å². The maximum absolute atomic E-state index is 12.9. The van der Waals surface area contributed by atoms with Crippen molar-refractivity contribution < 1.29 is 49.1 Å². The van der Waals surface area contributed by atoms with Gasteiger partial charge in [0.05, 0.1) is 11.1 Å². The summed E-state index contributed by atoms with van der Waals surface area (Å²) in [6.07, 6.45) is -6.83. The average Bonchev–Trinajstić information content (AvgIpc) is 2.95. The van der Waals surface area contributed by atoms with Crippen LogP contribution >= 0.6 is 0 Å². The zero-order valence-electron chi connectivity index (χ0n) is 16.8. The van der Waals surface area contributed by atoms with Gasteiger partial charge in [0.15, 0.2) is 34.8 Å². The first kappa shape index (κ1) is 22.8. The molecule has 2 aliphatic rings. The number of benzene rings is 1. The summed E-state index contributed by atoms with van der Waals surface area (Å²) in [7, 11) is 0. The fourth-order valence-electron chi connectivity index (χ4n) is 4.21. The zero-order valence-corrected chi connectivity index (χ0v) is 16.8. The molecule has 166 valence electrons. The van der Waals surface area contributed by atoms with E-state index in [0.29, 0.717) is 4.90 Å². The molecule has 0 saturated carbocycles. The van der Waals surface area contributed by atoms with Crippen LogP contribution < -0.4 is 0 Å². The van der Waals surface area contributed by atoms with Crippen molar-refractivity contribution >= 4 is 29.2 Å². The van der Waals surface area contributed by atoms with Crippen molar-refractivity contribution in [2.75, 3.05) is 0 Å². The standard InChI is InChI=1S/C20H21NO10/c1-8(22)13(25)15-20(30,10(3)24)19(29,9(2)23)14(18(28)31-15)21-16(26)11-6-4-5-7-12(11)17(21)27/h4-7,13-15,18,25,28-30H,1-3H3/t13?,14-,15-,18+,19-,20-/m1/s1. The lowest BCUT2D eigenvalue weighted by Crippen LogP contribution is -2.83. The van der Waals surface area contributed by atoms with E-state index in [4.69, 9.17) is 4.74 Å². The molecule has 1 unspecified atom stereocenters. The summed E-state index contributed by atoms with van der Waals surface area (Å²) in [6.45, 7) is 2.41. The number of carbonyl (C=O) groups excluding carboxylic acids is 5. The van der Waals surface area contributed by atoms with E-state index in [0.717, 1.165) is 20.8 Å². The van der Waals surface area contributed by atoms with Crippen LogP contribution in [0.3, 0.4) is 0 Å². The number of fused-ring (bicyclic) bond motifs is 1. The zero-order chi connectivity index (χ0) is 23.5. The number of amides is 2. The fraction of sp³-hybridized carbons (Fsp3) is 0.450. The largest absolute Gasteiger partial charge is 0.382 e. The van der Waals surface area contributed by atoms with Gasteiger partial charge in [0.1, 0.15) is 18.2 Å². The third kappa shape index (κ3) is 2.89. The van der Waals surface area contributed by atoms with Gasteiger partial charge < -0.3 is 25.2 Å². The molecule has 1 aromatic rings. The van der Waals surface area contributed by atoms with E-state index in [1.807, 2.05) is 0 Å². The predicted octanol–water partition coefficient (Wildman–Crippen LogP) is -2.04. The Kier molecular flexibility index (Phi) is 5.45. The number of hydrogen-bond donors (Lipinski definition) is 4. The van der Waals surface area contributed by atoms with E-state index in [1.54, 1.807) is 0 Å². The highest BCUT2D eigenvalue weighted by Crippen LogP contribution is 2.44. The van der Waals surface area contributed by atoms with E-state index in [9.17, 15) is 44.4 Å². The summed E-state index contributed by atoms with van der Waals surface area (Å²) in [5, 5.41) is 43.5. The smallest absolute Gasteiger partial charge is 0.262 e. The molecule has 31 heavy (non-hydrogen) atoms. The van der Waals surface area contributed by atoms with E-state index < -0.39 is 64.9 Å². The molecule has 1 aromatic carbocycles. The van der Waals surface area contributed by atoms with Crippen LogP contribution in [0.25, 0.3) is 0 Å². The molecule has 1 fully saturated rings. The Bertz CT molecular complexity index is 970. The summed E-state index contributed by atoms with van der Waals surface area (Å²) in [6, 6.07) is 3.27. The number of ether oxygens (including phenoxy) is 1. The highest BCUT2D eigenvalue weighted by atomic mass is 16.6. The molecule has 2 heterocycles. The first-order valence-electron chi connectivity index (χ1n) is 9.27. The maximum Gasteiger partial charge on any atom is 0.262 e. The molecule has 11 heteroatoms. The SMILES string of the molecule is CC(=O)C(O)[C@H]1O[C@H](O)[C@@H](N2C(=O)c3ccccc3C2=O)[C@](O)(C(C)=O)[C@@]1(O)C(C)=O. The molecule has 6 atom stereocenters. The van der Waals surface area contributed by atoms with Gasteiger partial charge in [-0.05, 0) is 32.9 Å². The first-order valence-corrected chi connectivity index (χ1v) is 9.27. The number of imide groups is 1. The molecule has 0 bridgehead atoms. The maximum atomic E-state index is 12.9. The van der Waals surface area contributed by atoms with Crippen LogP contribution in [0.15, 0.2) is 24.3 Å². The molecule has 4 N–H and O–H groups in total. The molecule has 2 amide bonds. The predicted molar refractivity (Wildman–Crippen MR) is 99.6 cm³/mol. The topological polar surface area (TPSA) is 179 Å². The number of aliphatic hydroxyl groups is 4. The van der Waals surface area contributed by atoms with Crippen LogP contribution in [0.4, 0.5) is 0 Å². The van der Waals surface area contributed by atoms with Gasteiger partial charge >= 0.3 is 0 Å². The summed E-state index contributed by atoms with van der Waals surface area (Å²) in [5.74, 6) is -5.63. The second-order valence-electron chi connectivity index (χ2n) is 7.62. The summed E-state index contributed by atoms with van der Waals surface area (Å²) in [5.41, 5.74) is -6.79. The van der Waals surface area contributed by atoms with Crippen LogP contribution in [-0.2, 0) is 19.1 Å². The van der Waals surface area contributed by atoms with E-state index in [2.05, 4.69) is 0 Å². The molecule has 0 aromatic heterocycles. The minimum atomic E-state index is -3.31. The first-order chi connectivity index (χ1) is 14.3. The van der Waals surface area contributed by atoms with Crippen molar-refractivity contribution in [3.8, 4) is 0 Å². The second kappa shape index (κ2) is 7.39. The number of aliphatic hydroxyl groups excluding tert-OH is 2. The average molecular weight is 435 g/mol. The summed E-state index contributed by atoms with van der Waals surface area (Å²) >= 11 is 0. The van der Waals surface area contributed by atoms with Crippen molar-refractivity contribution in [2.24, 2.45) is 0 Å². The van der Waals surface area contributed by atoms with Crippen molar-refractivity contribution in [1.82, 2.24) is 4.90 Å². The Hall–Kier alpha value is -2.83. The molecule has 1 saturated heterocycles. The molecular weight excluding hydrogens is 414 g/mol. The Labute approximate surface area is 175 Å². The van der Waals surface area contributed by atoms with Gasteiger partial charge in [-0.1, -0.05) is 12.1 Å². The van der Waals surface area contributed by atoms with Gasteiger partial charge in [-0.15, -0.1) is 0 Å². The van der Waals surface area contributed by atoms with E-state index in [1.165, 1.54) is 24.3 Å². The van der Waals surface area contributed by atoms with Crippen molar-refractivity contribution in [3.63, 3.8) is 0 Å². The summed E-state index contributed by atoms with van der Waals surface area (Å²) in [4.78, 5) is 63.0. The summed E-state index contributed by atoms with van der Waals surface area (Å²) < 4.78 is 5.11. The highest BCUT2D eigenvalue weighted by Gasteiger charge is 2.74. The molecule has 0 spiro atoms. The van der Waals surface area contributed by atoms with Crippen LogP contribution in [0.1, 0.15) is 41.5 Å². The lowest BCUT2D eigenvalue weighted by Gasteiger charge is -2.55. The van der Waals surface area contributed by atoms with Crippen LogP contribution in [0, 0.1) is 0 Å². The van der Waals surface area contributed by atoms with Gasteiger partial charge in [-0.2, -0.15) is 0 Å². The third-order valence-corrected chi connectivity index (χ3v) is 5.86. The number of carbonyl (C=O) groups is 5. The lowest BCUT2D eigenvalue weighted by molar-refractivity contribution is -0.321. The molecule has 0 aliphatic carbocycles. The Morgan fingerprint density at radius 1 is 0.968 bits per heavy atom. The van der Waals surface area contributed by atoms with Crippen molar-refractivity contribution in [2.45, 2.75) is 56.5 Å². The minimum absolute atomic E-state index is 0.0946. The van der Waals surface area contributed by atoms with Crippen LogP contribution in [-0.4, -0.2) is 90.2 Å². The highest BCUT2D eigenvalue weighted by molar-refractivity contribution is 6.22. The molecule has 0 radical (unpaired) electrons. The normalized spacial score (nSPS) is 33.8. The van der Waals surface area contributed by atoms with Crippen molar-refractivity contribution in [1.29, 1.82) is 0 Å². The van der Waals surface area contributed by atoms with Gasteiger partial charge in [-0.25, -0.2) is 0 Å². The number of hydrogen-bond acceptors (Lipinski definition) is 10. The van der Waals surface area contributed by atoms with Gasteiger partial charge in [-0.3, -0.25) is 28.9 Å². The van der Waals surface area contributed by atoms with Gasteiger partial charge in [0.2, 0.25) is 0 Å². The second-order valence-corrected chi connectivity index (χ2v) is 7.62. The third-order valence-electron chi connectivity index (χ3n) is 5.86. The number of nitrogens with zero attached hydrogens (tertiary/aromatic N) is 1. The quantitative estimate of drug-likeness (QED) is 0.376. The number of Topliss-reactive ketones (excluding diaryl/α,β-unsaturated/α-hetero) is 3. The monoisotopic (exact) mass is 435 g/mol. The van der Waals surface area contributed by atoms with Gasteiger partial charge in [0, 0.05) is 0 Å². The number of rotatable bonds is 5. The number of ketones is 3. The minimum Gasteiger partial charge on any atom is -0.382 e. The molecule has 11 nitrogen and oxygen atoms in total. The van der Waals surface area contributed by atoms with Crippen LogP contribution in [0.2, 0.25) is 0 Å². The Morgan fingerprint density at radius 2 is 1.42 bits per heavy atom. The van der Waals surface area contributed by atoms with Crippen LogP contribution in [0.5, 0.6) is 0 Å². The molecule has 3 rings (SSSR count). The molecular formula is C20H21NO10. The fourth-order valence-corrected chi connectivity index (χ4v) is 4.21. The lowest BCUT2D eigenvalue weighted by atomic mass is 9.65. The van der Waals surface area contributed by atoms with Gasteiger partial charge in [0.25, 0.3) is 11.8 Å². The Morgan fingerprint density at radius 3 is 1.81 bits per heavy atom. The van der Waals surface area contributed by atoms with E-state index >= 15 is 0 Å². The Balaban J connectivity index is 2.24.